The van der Waals surface area contributed by atoms with Crippen molar-refractivity contribution in [2.24, 2.45) is 0 Å². The molecule has 172 valence electrons. The minimum Gasteiger partial charge on any atom is -0.378 e. The van der Waals surface area contributed by atoms with Crippen LogP contribution in [0.1, 0.15) is 12.5 Å². The normalized spacial score (nSPS) is 21.0. The fourth-order valence-corrected chi connectivity index (χ4v) is 3.94. The van der Waals surface area contributed by atoms with Gasteiger partial charge in [0.25, 0.3) is 5.56 Å². The Morgan fingerprint density at radius 3 is 2.61 bits per heavy atom. The number of aromatic nitrogens is 4. The van der Waals surface area contributed by atoms with Crippen molar-refractivity contribution >= 4 is 32.3 Å². The van der Waals surface area contributed by atoms with Crippen LogP contribution in [0.4, 0.5) is 0 Å². The number of aliphatic hydroxyl groups is 1. The molecular weight excluding hydrogens is 460 g/mol. The zero-order valence-corrected chi connectivity index (χ0v) is 17.7. The van der Waals surface area contributed by atoms with Crippen molar-refractivity contribution in [3.05, 3.63) is 23.0 Å². The average Bonchev–Trinajstić information content (AvgIpc) is 3.30. The summed E-state index contributed by atoms with van der Waals surface area (Å²) >= 11 is 0. The summed E-state index contributed by atoms with van der Waals surface area (Å²) in [7, 11) is -9.23. The maximum atomic E-state index is 12.8. The van der Waals surface area contributed by atoms with Gasteiger partial charge in [-0.15, -0.1) is 0 Å². The molecule has 31 heavy (non-hydrogen) atoms. The van der Waals surface area contributed by atoms with Gasteiger partial charge in [0.15, 0.2) is 17.0 Å². The molecule has 0 saturated carbocycles. The number of nitrogens with zero attached hydrogens (tertiary/aromatic N) is 4. The first-order valence-electron chi connectivity index (χ1n) is 8.94. The molecule has 1 fully saturated rings. The predicted octanol–water partition coefficient (Wildman–Crippen LogP) is -2.05. The quantitative estimate of drug-likeness (QED) is 0.224. The highest BCUT2D eigenvalue weighted by atomic mass is 31.2. The van der Waals surface area contributed by atoms with E-state index in [1.807, 2.05) is 0 Å². The van der Waals surface area contributed by atoms with Crippen LogP contribution in [0.2, 0.25) is 0 Å². The SMILES string of the molecule is O=C(CCP(=O)(O)O)N1C[C@@H](n2cnc3nc[nH]c3c2=O)[C@H](OC[C@H](O)P(=O)(O)O)C1. The number of aromatic amines is 1. The Bertz CT molecular complexity index is 1110. The second-order valence-corrected chi connectivity index (χ2v) is 10.6. The molecule has 1 aliphatic rings. The zero-order chi connectivity index (χ0) is 23.0. The maximum Gasteiger partial charge on any atom is 0.356 e. The predicted molar refractivity (Wildman–Crippen MR) is 103 cm³/mol. The largest absolute Gasteiger partial charge is 0.378 e. The molecule has 6 N–H and O–H groups in total. The first kappa shape index (κ1) is 23.7. The summed E-state index contributed by atoms with van der Waals surface area (Å²) in [6.07, 6.45) is 0.411. The minimum absolute atomic E-state index is 0.0854. The summed E-state index contributed by atoms with van der Waals surface area (Å²) in [5.74, 6) is -2.70. The second-order valence-electron chi connectivity index (χ2n) is 7.00. The molecule has 0 bridgehead atoms. The van der Waals surface area contributed by atoms with Gasteiger partial charge >= 0.3 is 15.2 Å². The number of rotatable bonds is 8. The minimum atomic E-state index is -4.83. The van der Waals surface area contributed by atoms with Crippen molar-refractivity contribution in [2.45, 2.75) is 24.4 Å². The van der Waals surface area contributed by atoms with E-state index in [9.17, 15) is 23.8 Å². The molecule has 3 heterocycles. The highest BCUT2D eigenvalue weighted by molar-refractivity contribution is 7.52. The molecule has 0 aliphatic carbocycles. The maximum absolute atomic E-state index is 12.8. The van der Waals surface area contributed by atoms with Crippen molar-refractivity contribution in [1.29, 1.82) is 0 Å². The number of fused-ring (bicyclic) bond motifs is 1. The number of likely N-dealkylation sites (tertiary alicyclic amines) is 1. The molecule has 2 aromatic heterocycles. The number of amides is 1. The standard InChI is InChI=1S/C14H21N5O10P2/c20-10(1-2-30(23,24)25)18-3-8(9(4-18)29-5-11(21)31(26,27)28)19-7-17-13-12(14(19)22)15-6-16-13/h6-9,11,21H,1-5H2,(H,15,16)(H2,23,24,25)(H2,26,27,28)/t8-,9-,11-/m1/s1. The Morgan fingerprint density at radius 2 is 1.97 bits per heavy atom. The van der Waals surface area contributed by atoms with E-state index in [1.165, 1.54) is 22.1 Å². The van der Waals surface area contributed by atoms with Gasteiger partial charge in [-0.3, -0.25) is 23.3 Å². The summed E-state index contributed by atoms with van der Waals surface area (Å²) in [4.78, 5) is 73.0. The van der Waals surface area contributed by atoms with Gasteiger partial charge in [0.1, 0.15) is 6.33 Å². The highest BCUT2D eigenvalue weighted by Gasteiger charge is 2.39. The summed E-state index contributed by atoms with van der Waals surface area (Å²) < 4.78 is 28.8. The molecule has 0 radical (unpaired) electrons. The molecule has 17 heteroatoms. The molecule has 0 spiro atoms. The zero-order valence-electron chi connectivity index (χ0n) is 15.9. The van der Waals surface area contributed by atoms with E-state index in [4.69, 9.17) is 24.3 Å². The molecule has 2 aromatic rings. The van der Waals surface area contributed by atoms with E-state index in [0.29, 0.717) is 0 Å². The smallest absolute Gasteiger partial charge is 0.356 e. The molecular formula is C14H21N5O10P2. The molecule has 0 unspecified atom stereocenters. The van der Waals surface area contributed by atoms with Crippen molar-refractivity contribution in [3.8, 4) is 0 Å². The number of H-pyrrole nitrogens is 1. The van der Waals surface area contributed by atoms with E-state index >= 15 is 0 Å². The van der Waals surface area contributed by atoms with Gasteiger partial charge in [0.2, 0.25) is 5.91 Å². The summed E-state index contributed by atoms with van der Waals surface area (Å²) in [6, 6.07) is -0.837. The first-order valence-corrected chi connectivity index (χ1v) is 12.4. The van der Waals surface area contributed by atoms with Crippen LogP contribution in [-0.4, -0.2) is 92.8 Å². The molecule has 15 nitrogen and oxygen atoms in total. The van der Waals surface area contributed by atoms with E-state index < -0.39 is 63.8 Å². The molecule has 3 rings (SSSR count). The Hall–Kier alpha value is -1.96. The van der Waals surface area contributed by atoms with Gasteiger partial charge in [-0.25, -0.2) is 9.97 Å². The van der Waals surface area contributed by atoms with Crippen LogP contribution < -0.4 is 5.56 Å². The van der Waals surface area contributed by atoms with Gasteiger partial charge in [0, 0.05) is 19.5 Å². The van der Waals surface area contributed by atoms with Gasteiger partial charge in [-0.2, -0.15) is 0 Å². The monoisotopic (exact) mass is 481 g/mol. The fraction of sp³-hybridized carbons (Fsp3) is 0.571. The first-order chi connectivity index (χ1) is 14.4. The number of carbonyl (C=O) groups is 1. The van der Waals surface area contributed by atoms with Gasteiger partial charge in [-0.1, -0.05) is 0 Å². The van der Waals surface area contributed by atoms with E-state index in [1.54, 1.807) is 0 Å². The Morgan fingerprint density at radius 1 is 1.26 bits per heavy atom. The van der Waals surface area contributed by atoms with Crippen LogP contribution in [0.25, 0.3) is 11.2 Å². The number of carbonyl (C=O) groups excluding carboxylic acids is 1. The topological polar surface area (TPSA) is 228 Å². The van der Waals surface area contributed by atoms with Gasteiger partial charge in [-0.05, 0) is 0 Å². The average molecular weight is 481 g/mol. The summed E-state index contributed by atoms with van der Waals surface area (Å²) in [5, 5.41) is 9.57. The van der Waals surface area contributed by atoms with Gasteiger partial charge < -0.3 is 39.3 Å². The third kappa shape index (κ3) is 5.64. The van der Waals surface area contributed by atoms with Crippen LogP contribution in [0.15, 0.2) is 17.4 Å². The Balaban J connectivity index is 1.84. The van der Waals surface area contributed by atoms with Crippen LogP contribution in [0.3, 0.4) is 0 Å². The van der Waals surface area contributed by atoms with Crippen molar-refractivity contribution in [1.82, 2.24) is 24.4 Å². The van der Waals surface area contributed by atoms with Gasteiger partial charge in [0.05, 0.1) is 31.2 Å². The lowest BCUT2D eigenvalue weighted by atomic mass is 10.2. The van der Waals surface area contributed by atoms with Crippen LogP contribution in [0, 0.1) is 0 Å². The van der Waals surface area contributed by atoms with Crippen LogP contribution in [0.5, 0.6) is 0 Å². The lowest BCUT2D eigenvalue weighted by molar-refractivity contribution is -0.130. The highest BCUT2D eigenvalue weighted by Crippen LogP contribution is 2.40. The second kappa shape index (κ2) is 8.88. The van der Waals surface area contributed by atoms with Crippen molar-refractivity contribution in [2.75, 3.05) is 25.9 Å². The fourth-order valence-electron chi connectivity index (χ4n) is 3.17. The van der Waals surface area contributed by atoms with Crippen molar-refractivity contribution < 1.29 is 43.3 Å². The number of ether oxygens (including phenoxy) is 1. The number of hydrogen-bond acceptors (Lipinski definition) is 8. The summed E-state index contributed by atoms with van der Waals surface area (Å²) in [6.45, 7) is -0.978. The van der Waals surface area contributed by atoms with Crippen LogP contribution >= 0.6 is 15.2 Å². The molecule has 1 aliphatic heterocycles. The number of nitrogens with one attached hydrogen (secondary N) is 1. The third-order valence-corrected chi connectivity index (χ3v) is 6.52. The van der Waals surface area contributed by atoms with Crippen molar-refractivity contribution in [3.63, 3.8) is 0 Å². The van der Waals surface area contributed by atoms with E-state index in [-0.39, 0.29) is 24.3 Å². The number of aliphatic hydroxyl groups excluding tert-OH is 1. The number of hydrogen-bond donors (Lipinski definition) is 6. The lowest BCUT2D eigenvalue weighted by Gasteiger charge is -2.22. The van der Waals surface area contributed by atoms with Crippen LogP contribution in [-0.2, 0) is 18.7 Å². The molecule has 3 atom stereocenters. The lowest BCUT2D eigenvalue weighted by Crippen LogP contribution is -2.34. The Kier molecular flexibility index (Phi) is 6.79. The van der Waals surface area contributed by atoms with E-state index in [2.05, 4.69) is 15.0 Å². The Labute approximate surface area is 174 Å². The molecule has 0 aromatic carbocycles. The number of imidazole rings is 1. The molecule has 1 saturated heterocycles. The summed E-state index contributed by atoms with van der Waals surface area (Å²) in [5.41, 5.74) is -0.257. The van der Waals surface area contributed by atoms with E-state index in [0.717, 1.165) is 0 Å². The molecule has 1 amide bonds. The third-order valence-electron chi connectivity index (χ3n) is 4.78.